The van der Waals surface area contributed by atoms with Gasteiger partial charge in [0.05, 0.1) is 10.3 Å². The largest absolute Gasteiger partial charge is 0.346 e. The number of hydrogen-bond donors (Lipinski definition) is 1. The van der Waals surface area contributed by atoms with Gasteiger partial charge in [-0.15, -0.1) is 11.3 Å². The van der Waals surface area contributed by atoms with Crippen LogP contribution >= 0.6 is 27.3 Å². The number of nitrogens with one attached hydrogen (secondary N) is 1. The summed E-state index contributed by atoms with van der Waals surface area (Å²) in [7, 11) is 0. The fourth-order valence-electron chi connectivity index (χ4n) is 1.42. The van der Waals surface area contributed by atoms with Crippen LogP contribution in [-0.4, -0.2) is 10.9 Å². The van der Waals surface area contributed by atoms with Crippen molar-refractivity contribution in [3.05, 3.63) is 50.4 Å². The summed E-state index contributed by atoms with van der Waals surface area (Å²) in [5.74, 6) is -0.132. The maximum Gasteiger partial charge on any atom is 0.270 e. The van der Waals surface area contributed by atoms with Gasteiger partial charge in [-0.3, -0.25) is 9.78 Å². The SMILES string of the molecule is Cc1cccnc1C(=O)NCc1ccc(Br)s1. The fourth-order valence-corrected chi connectivity index (χ4v) is 2.84. The van der Waals surface area contributed by atoms with Crippen molar-refractivity contribution in [2.24, 2.45) is 0 Å². The summed E-state index contributed by atoms with van der Waals surface area (Å²) in [5, 5.41) is 2.86. The van der Waals surface area contributed by atoms with E-state index >= 15 is 0 Å². The van der Waals surface area contributed by atoms with Crippen molar-refractivity contribution < 1.29 is 4.79 Å². The van der Waals surface area contributed by atoms with Gasteiger partial charge in [-0.2, -0.15) is 0 Å². The highest BCUT2D eigenvalue weighted by molar-refractivity contribution is 9.11. The number of carbonyl (C=O) groups excluding carboxylic acids is 1. The van der Waals surface area contributed by atoms with Crippen LogP contribution in [0.4, 0.5) is 0 Å². The van der Waals surface area contributed by atoms with Gasteiger partial charge >= 0.3 is 0 Å². The molecule has 0 aliphatic heterocycles. The predicted octanol–water partition coefficient (Wildman–Crippen LogP) is 3.14. The van der Waals surface area contributed by atoms with E-state index in [0.717, 1.165) is 14.2 Å². The van der Waals surface area contributed by atoms with Gasteiger partial charge in [0.15, 0.2) is 0 Å². The van der Waals surface area contributed by atoms with Crippen molar-refractivity contribution in [2.45, 2.75) is 13.5 Å². The monoisotopic (exact) mass is 310 g/mol. The van der Waals surface area contributed by atoms with Crippen LogP contribution in [0, 0.1) is 6.92 Å². The van der Waals surface area contributed by atoms with Crippen LogP contribution in [0.2, 0.25) is 0 Å². The molecule has 0 saturated heterocycles. The summed E-state index contributed by atoms with van der Waals surface area (Å²) >= 11 is 5.00. The molecule has 0 spiro atoms. The number of aryl methyl sites for hydroxylation is 1. The average Bonchev–Trinajstić information content (AvgIpc) is 2.73. The quantitative estimate of drug-likeness (QED) is 0.946. The maximum absolute atomic E-state index is 11.9. The third-order valence-electron chi connectivity index (χ3n) is 2.28. The Morgan fingerprint density at radius 2 is 2.29 bits per heavy atom. The molecule has 2 rings (SSSR count). The van der Waals surface area contributed by atoms with E-state index in [-0.39, 0.29) is 5.91 Å². The molecule has 17 heavy (non-hydrogen) atoms. The summed E-state index contributed by atoms with van der Waals surface area (Å²) in [6.07, 6.45) is 1.63. The van der Waals surface area contributed by atoms with Crippen LogP contribution in [0.1, 0.15) is 20.9 Å². The molecule has 0 saturated carbocycles. The van der Waals surface area contributed by atoms with Crippen LogP contribution in [0.25, 0.3) is 0 Å². The number of halogens is 1. The second-order valence-electron chi connectivity index (χ2n) is 3.56. The van der Waals surface area contributed by atoms with Gasteiger partial charge in [0.25, 0.3) is 5.91 Å². The van der Waals surface area contributed by atoms with Crippen LogP contribution in [0.15, 0.2) is 34.2 Å². The minimum Gasteiger partial charge on any atom is -0.346 e. The number of rotatable bonds is 3. The first-order valence-electron chi connectivity index (χ1n) is 5.11. The molecule has 2 heterocycles. The zero-order valence-corrected chi connectivity index (χ0v) is 11.6. The second kappa shape index (κ2) is 5.42. The first-order valence-corrected chi connectivity index (χ1v) is 6.72. The van der Waals surface area contributed by atoms with Crippen molar-refractivity contribution in [3.8, 4) is 0 Å². The highest BCUT2D eigenvalue weighted by Gasteiger charge is 2.09. The number of amides is 1. The first kappa shape index (κ1) is 12.3. The van der Waals surface area contributed by atoms with E-state index in [0.29, 0.717) is 12.2 Å². The maximum atomic E-state index is 11.9. The van der Waals surface area contributed by atoms with Gasteiger partial charge in [-0.1, -0.05) is 6.07 Å². The Bertz CT molecular complexity index is 539. The molecule has 0 fully saturated rings. The number of pyridine rings is 1. The van der Waals surface area contributed by atoms with Crippen molar-refractivity contribution in [1.29, 1.82) is 0 Å². The predicted molar refractivity (Wildman–Crippen MR) is 72.2 cm³/mol. The van der Waals surface area contributed by atoms with Crippen LogP contribution in [-0.2, 0) is 6.54 Å². The van der Waals surface area contributed by atoms with Crippen LogP contribution < -0.4 is 5.32 Å². The van der Waals surface area contributed by atoms with Gasteiger partial charge in [0.1, 0.15) is 5.69 Å². The van der Waals surface area contributed by atoms with E-state index in [1.165, 1.54) is 0 Å². The summed E-state index contributed by atoms with van der Waals surface area (Å²) in [6, 6.07) is 7.66. The summed E-state index contributed by atoms with van der Waals surface area (Å²) in [4.78, 5) is 17.1. The van der Waals surface area contributed by atoms with E-state index in [1.807, 2.05) is 31.2 Å². The molecular formula is C12H11BrN2OS. The standard InChI is InChI=1S/C12H11BrN2OS/c1-8-3-2-6-14-11(8)12(16)15-7-9-4-5-10(13)17-9/h2-6H,7H2,1H3,(H,15,16). The summed E-state index contributed by atoms with van der Waals surface area (Å²) in [5.41, 5.74) is 1.38. The van der Waals surface area contributed by atoms with E-state index in [2.05, 4.69) is 26.2 Å². The van der Waals surface area contributed by atoms with Crippen molar-refractivity contribution >= 4 is 33.2 Å². The molecule has 0 aromatic carbocycles. The number of carbonyl (C=O) groups is 1. The Morgan fingerprint density at radius 3 is 2.94 bits per heavy atom. The molecule has 88 valence electrons. The third kappa shape index (κ3) is 3.14. The Kier molecular flexibility index (Phi) is 3.91. The van der Waals surface area contributed by atoms with Gasteiger partial charge in [-0.25, -0.2) is 0 Å². The highest BCUT2D eigenvalue weighted by Crippen LogP contribution is 2.21. The van der Waals surface area contributed by atoms with Crippen molar-refractivity contribution in [1.82, 2.24) is 10.3 Å². The van der Waals surface area contributed by atoms with Gasteiger partial charge in [0.2, 0.25) is 0 Å². The fraction of sp³-hybridized carbons (Fsp3) is 0.167. The van der Waals surface area contributed by atoms with E-state index in [4.69, 9.17) is 0 Å². The average molecular weight is 311 g/mol. The van der Waals surface area contributed by atoms with E-state index < -0.39 is 0 Å². The van der Waals surface area contributed by atoms with Crippen molar-refractivity contribution in [2.75, 3.05) is 0 Å². The molecule has 0 atom stereocenters. The van der Waals surface area contributed by atoms with Crippen molar-refractivity contribution in [3.63, 3.8) is 0 Å². The third-order valence-corrected chi connectivity index (χ3v) is 3.90. The molecule has 2 aromatic rings. The molecule has 5 heteroatoms. The Balaban J connectivity index is 2.01. The zero-order chi connectivity index (χ0) is 12.3. The van der Waals surface area contributed by atoms with Crippen LogP contribution in [0.5, 0.6) is 0 Å². The van der Waals surface area contributed by atoms with Gasteiger partial charge in [0, 0.05) is 11.1 Å². The Labute approximate surface area is 112 Å². The molecule has 0 unspecified atom stereocenters. The number of nitrogens with zero attached hydrogens (tertiary/aromatic N) is 1. The zero-order valence-electron chi connectivity index (χ0n) is 9.24. The Hall–Kier alpha value is -1.20. The number of hydrogen-bond acceptors (Lipinski definition) is 3. The molecular weight excluding hydrogens is 300 g/mol. The summed E-state index contributed by atoms with van der Waals surface area (Å²) < 4.78 is 1.07. The normalized spacial score (nSPS) is 10.2. The van der Waals surface area contributed by atoms with Gasteiger partial charge < -0.3 is 5.32 Å². The molecule has 1 amide bonds. The lowest BCUT2D eigenvalue weighted by atomic mass is 10.2. The molecule has 0 aliphatic rings. The lowest BCUT2D eigenvalue weighted by Gasteiger charge is -2.05. The van der Waals surface area contributed by atoms with E-state index in [1.54, 1.807) is 17.5 Å². The molecule has 0 aliphatic carbocycles. The minimum absolute atomic E-state index is 0.132. The first-order chi connectivity index (χ1) is 8.16. The molecule has 0 radical (unpaired) electrons. The molecule has 2 aromatic heterocycles. The van der Waals surface area contributed by atoms with Crippen LogP contribution in [0.3, 0.4) is 0 Å². The highest BCUT2D eigenvalue weighted by atomic mass is 79.9. The molecule has 3 nitrogen and oxygen atoms in total. The second-order valence-corrected chi connectivity index (χ2v) is 6.10. The number of thiophene rings is 1. The van der Waals surface area contributed by atoms with Gasteiger partial charge in [-0.05, 0) is 46.6 Å². The lowest BCUT2D eigenvalue weighted by Crippen LogP contribution is -2.24. The minimum atomic E-state index is -0.132. The Morgan fingerprint density at radius 1 is 1.47 bits per heavy atom. The number of aromatic nitrogens is 1. The molecule has 0 bridgehead atoms. The lowest BCUT2D eigenvalue weighted by molar-refractivity contribution is 0.0945. The molecule has 1 N–H and O–H groups in total. The topological polar surface area (TPSA) is 42.0 Å². The summed E-state index contributed by atoms with van der Waals surface area (Å²) in [6.45, 7) is 2.41. The van der Waals surface area contributed by atoms with E-state index in [9.17, 15) is 4.79 Å². The smallest absolute Gasteiger partial charge is 0.270 e.